The van der Waals surface area contributed by atoms with Crippen LogP contribution in [0.4, 0.5) is 5.69 Å². The van der Waals surface area contributed by atoms with Gasteiger partial charge in [-0.2, -0.15) is 0 Å². The van der Waals surface area contributed by atoms with Gasteiger partial charge in [-0.3, -0.25) is 4.79 Å². The van der Waals surface area contributed by atoms with Crippen LogP contribution in [0.15, 0.2) is 18.2 Å². The Hall–Kier alpha value is -1.51. The van der Waals surface area contributed by atoms with E-state index in [4.69, 9.17) is 10.5 Å². The predicted octanol–water partition coefficient (Wildman–Crippen LogP) is 3.74. The highest BCUT2D eigenvalue weighted by Gasteiger charge is 2.04. The van der Waals surface area contributed by atoms with Gasteiger partial charge in [0.25, 0.3) is 0 Å². The van der Waals surface area contributed by atoms with Crippen molar-refractivity contribution in [1.82, 2.24) is 0 Å². The number of anilines is 1. The van der Waals surface area contributed by atoms with E-state index in [-0.39, 0.29) is 5.97 Å². The molecule has 1 rings (SSSR count). The van der Waals surface area contributed by atoms with Crippen molar-refractivity contribution in [2.24, 2.45) is 0 Å². The number of aryl methyl sites for hydroxylation is 1. The number of ether oxygens (including phenoxy) is 1. The Labute approximate surface area is 111 Å². The molecule has 0 aliphatic rings. The van der Waals surface area contributed by atoms with Gasteiger partial charge < -0.3 is 10.5 Å². The van der Waals surface area contributed by atoms with Gasteiger partial charge in [-0.15, -0.1) is 0 Å². The maximum atomic E-state index is 11.2. The monoisotopic (exact) mass is 253 g/mol. The van der Waals surface area contributed by atoms with E-state index in [1.165, 1.54) is 0 Å². The fraction of sp³-hybridized carbons (Fsp3) is 0.533. The molecule has 0 fully saturated rings. The van der Waals surface area contributed by atoms with Crippen LogP contribution in [0.2, 0.25) is 0 Å². The lowest BCUT2D eigenvalue weighted by atomic mass is 10.1. The summed E-state index contributed by atoms with van der Waals surface area (Å²) in [5.74, 6) is -0.198. The predicted molar refractivity (Wildman–Crippen MR) is 78.6 cm³/mol. The highest BCUT2D eigenvalue weighted by atomic mass is 16.5. The van der Waals surface area contributed by atoms with E-state index in [0.717, 1.165) is 16.8 Å². The number of hydrogen-bond acceptors (Lipinski definition) is 3. The summed E-state index contributed by atoms with van der Waals surface area (Å²) in [5.41, 5.74) is 8.34. The van der Waals surface area contributed by atoms with Crippen molar-refractivity contribution in [3.63, 3.8) is 0 Å². The number of nitrogens with two attached hydrogens (primary N) is 1. The maximum absolute atomic E-state index is 11.2. The standard InChI is InChI=1S/C11H15NO2.2C2H6/c1-3-14-11(13)7-9-4-5-10(12)8(2)6-9;2*1-2/h4-6H,3,7,12H2,1-2H3;2*1-2H3. The second-order valence-electron chi connectivity index (χ2n) is 3.17. The maximum Gasteiger partial charge on any atom is 0.310 e. The molecular weight excluding hydrogens is 226 g/mol. The van der Waals surface area contributed by atoms with E-state index in [0.29, 0.717) is 13.0 Å². The number of rotatable bonds is 3. The summed E-state index contributed by atoms with van der Waals surface area (Å²) in [6.45, 7) is 12.1. The van der Waals surface area contributed by atoms with Crippen LogP contribution in [0.25, 0.3) is 0 Å². The van der Waals surface area contributed by atoms with E-state index in [2.05, 4.69) is 0 Å². The molecule has 0 heterocycles. The highest BCUT2D eigenvalue weighted by Crippen LogP contribution is 2.13. The van der Waals surface area contributed by atoms with Gasteiger partial charge in [0.05, 0.1) is 13.0 Å². The van der Waals surface area contributed by atoms with Crippen LogP contribution < -0.4 is 5.73 Å². The minimum absolute atomic E-state index is 0.198. The SMILES string of the molecule is CC.CC.CCOC(=O)Cc1ccc(N)c(C)c1. The molecule has 0 amide bonds. The van der Waals surface area contributed by atoms with E-state index < -0.39 is 0 Å². The van der Waals surface area contributed by atoms with E-state index in [1.54, 1.807) is 6.92 Å². The van der Waals surface area contributed by atoms with Crippen LogP contribution in [0.3, 0.4) is 0 Å². The highest BCUT2D eigenvalue weighted by molar-refractivity contribution is 5.72. The average molecular weight is 253 g/mol. The molecule has 0 spiro atoms. The summed E-state index contributed by atoms with van der Waals surface area (Å²) in [4.78, 5) is 11.2. The second kappa shape index (κ2) is 12.0. The summed E-state index contributed by atoms with van der Waals surface area (Å²) < 4.78 is 4.85. The average Bonchev–Trinajstić information content (AvgIpc) is 2.39. The van der Waals surface area contributed by atoms with Crippen molar-refractivity contribution in [2.45, 2.75) is 48.0 Å². The van der Waals surface area contributed by atoms with Gasteiger partial charge >= 0.3 is 5.97 Å². The fourth-order valence-electron chi connectivity index (χ4n) is 1.23. The van der Waals surface area contributed by atoms with Crippen LogP contribution in [0.5, 0.6) is 0 Å². The molecule has 1 aromatic carbocycles. The zero-order valence-corrected chi connectivity index (χ0v) is 12.5. The molecule has 0 aliphatic carbocycles. The lowest BCUT2D eigenvalue weighted by Gasteiger charge is -2.04. The number of carbonyl (C=O) groups excluding carboxylic acids is 1. The summed E-state index contributed by atoms with van der Waals surface area (Å²) in [6.07, 6.45) is 0.314. The summed E-state index contributed by atoms with van der Waals surface area (Å²) in [7, 11) is 0. The Kier molecular flexibility index (Phi) is 12.5. The normalized spacial score (nSPS) is 8.33. The van der Waals surface area contributed by atoms with Gasteiger partial charge in [0.15, 0.2) is 0 Å². The first-order chi connectivity index (χ1) is 8.63. The third-order valence-electron chi connectivity index (χ3n) is 1.99. The smallest absolute Gasteiger partial charge is 0.310 e. The lowest BCUT2D eigenvalue weighted by molar-refractivity contribution is -0.142. The minimum atomic E-state index is -0.198. The largest absolute Gasteiger partial charge is 0.466 e. The topological polar surface area (TPSA) is 52.3 Å². The van der Waals surface area contributed by atoms with Crippen LogP contribution in [-0.2, 0) is 16.0 Å². The van der Waals surface area contributed by atoms with Crippen LogP contribution in [-0.4, -0.2) is 12.6 Å². The third-order valence-corrected chi connectivity index (χ3v) is 1.99. The number of hydrogen-bond donors (Lipinski definition) is 1. The number of nitrogen functional groups attached to an aromatic ring is 1. The molecule has 1 aromatic rings. The Morgan fingerprint density at radius 1 is 1.22 bits per heavy atom. The van der Waals surface area contributed by atoms with Crippen molar-refractivity contribution in [3.8, 4) is 0 Å². The van der Waals surface area contributed by atoms with Crippen LogP contribution in [0.1, 0.15) is 45.7 Å². The molecule has 0 unspecified atom stereocenters. The Bertz CT molecular complexity index is 335. The van der Waals surface area contributed by atoms with Crippen molar-refractivity contribution < 1.29 is 9.53 Å². The first kappa shape index (κ1) is 18.8. The molecule has 0 saturated carbocycles. The molecule has 0 aliphatic heterocycles. The molecule has 0 radical (unpaired) electrons. The lowest BCUT2D eigenvalue weighted by Crippen LogP contribution is -2.07. The summed E-state index contributed by atoms with van der Waals surface area (Å²) >= 11 is 0. The molecule has 0 atom stereocenters. The Morgan fingerprint density at radius 2 is 1.78 bits per heavy atom. The zero-order valence-electron chi connectivity index (χ0n) is 12.5. The quantitative estimate of drug-likeness (QED) is 0.659. The van der Waals surface area contributed by atoms with Gasteiger partial charge in [-0.1, -0.05) is 39.8 Å². The second-order valence-corrected chi connectivity index (χ2v) is 3.17. The van der Waals surface area contributed by atoms with Gasteiger partial charge in [0.1, 0.15) is 0 Å². The number of benzene rings is 1. The van der Waals surface area contributed by atoms with Gasteiger partial charge in [-0.05, 0) is 31.0 Å². The first-order valence-electron chi connectivity index (χ1n) is 6.64. The minimum Gasteiger partial charge on any atom is -0.466 e. The van der Waals surface area contributed by atoms with Crippen molar-refractivity contribution in [3.05, 3.63) is 29.3 Å². The molecule has 0 bridgehead atoms. The van der Waals surface area contributed by atoms with Gasteiger partial charge in [0, 0.05) is 5.69 Å². The zero-order chi connectivity index (χ0) is 14.6. The Morgan fingerprint density at radius 3 is 2.22 bits per heavy atom. The van der Waals surface area contributed by atoms with Crippen LogP contribution >= 0.6 is 0 Å². The molecule has 0 aromatic heterocycles. The molecule has 18 heavy (non-hydrogen) atoms. The molecule has 0 saturated heterocycles. The molecule has 2 N–H and O–H groups in total. The summed E-state index contributed by atoms with van der Waals surface area (Å²) in [5, 5.41) is 0. The van der Waals surface area contributed by atoms with Gasteiger partial charge in [-0.25, -0.2) is 0 Å². The Balaban J connectivity index is 0. The van der Waals surface area contributed by atoms with Gasteiger partial charge in [0.2, 0.25) is 0 Å². The molecule has 3 nitrogen and oxygen atoms in total. The molecule has 104 valence electrons. The first-order valence-corrected chi connectivity index (χ1v) is 6.64. The summed E-state index contributed by atoms with van der Waals surface area (Å²) in [6, 6.07) is 5.56. The third kappa shape index (κ3) is 7.71. The fourth-order valence-corrected chi connectivity index (χ4v) is 1.23. The number of esters is 1. The van der Waals surface area contributed by atoms with Crippen LogP contribution in [0, 0.1) is 6.92 Å². The van der Waals surface area contributed by atoms with E-state index in [1.807, 2.05) is 52.8 Å². The van der Waals surface area contributed by atoms with E-state index >= 15 is 0 Å². The molecule has 3 heteroatoms. The van der Waals surface area contributed by atoms with Crippen molar-refractivity contribution in [1.29, 1.82) is 0 Å². The van der Waals surface area contributed by atoms with Crippen molar-refractivity contribution in [2.75, 3.05) is 12.3 Å². The number of carbonyl (C=O) groups is 1. The van der Waals surface area contributed by atoms with Crippen molar-refractivity contribution >= 4 is 11.7 Å². The molecular formula is C15H27NO2. The van der Waals surface area contributed by atoms with E-state index in [9.17, 15) is 4.79 Å².